The Morgan fingerprint density at radius 2 is 1.83 bits per heavy atom. The van der Waals surface area contributed by atoms with Gasteiger partial charge in [-0.2, -0.15) is 0 Å². The standard InChI is InChI=1S/C18H15F2.C3H5.Zr/c1-12-5-15-3-2-4-17(18(15)6-12)16-8-13(10-19)7-14(9-16)11-20;1-3-2;/h2-9H,10-11H2,1H3;3H,1-2H2;. The van der Waals surface area contributed by atoms with Crippen LogP contribution in [0.5, 0.6) is 0 Å². The van der Waals surface area contributed by atoms with Gasteiger partial charge in [0.15, 0.2) is 0 Å². The van der Waals surface area contributed by atoms with E-state index in [1.165, 1.54) is 16.7 Å². The van der Waals surface area contributed by atoms with Crippen molar-refractivity contribution < 1.29 is 32.0 Å². The number of benzene rings is 2. The van der Waals surface area contributed by atoms with Gasteiger partial charge in [0.2, 0.25) is 0 Å². The van der Waals surface area contributed by atoms with Crippen molar-refractivity contribution in [1.82, 2.24) is 0 Å². The van der Waals surface area contributed by atoms with Crippen molar-refractivity contribution in [2.24, 2.45) is 0 Å². The molecule has 3 rings (SSSR count). The van der Waals surface area contributed by atoms with Crippen molar-refractivity contribution in [3.8, 4) is 11.1 Å². The van der Waals surface area contributed by atoms with Gasteiger partial charge in [-0.15, -0.1) is 0 Å². The molecule has 1 unspecified atom stereocenters. The Hall–Kier alpha value is -1.34. The van der Waals surface area contributed by atoms with Crippen LogP contribution in [0.1, 0.15) is 32.8 Å². The first-order valence-electron chi connectivity index (χ1n) is 8.08. The number of rotatable bonds is 6. The number of halogens is 2. The molecule has 0 aromatic heterocycles. The monoisotopic (exact) mass is 400 g/mol. The molecule has 2 aromatic rings. The third-order valence-corrected chi connectivity index (χ3v) is 8.59. The average molecular weight is 402 g/mol. The van der Waals surface area contributed by atoms with E-state index in [2.05, 4.69) is 37.8 Å². The summed E-state index contributed by atoms with van der Waals surface area (Å²) in [6.45, 7) is 4.92. The summed E-state index contributed by atoms with van der Waals surface area (Å²) in [7, 11) is 0. The van der Waals surface area contributed by atoms with Crippen LogP contribution >= 0.6 is 0 Å². The molecule has 24 heavy (non-hydrogen) atoms. The molecule has 0 heterocycles. The van der Waals surface area contributed by atoms with E-state index >= 15 is 0 Å². The van der Waals surface area contributed by atoms with E-state index in [9.17, 15) is 8.78 Å². The van der Waals surface area contributed by atoms with E-state index in [0.29, 0.717) is 14.8 Å². The molecule has 1 atom stereocenters. The summed E-state index contributed by atoms with van der Waals surface area (Å²) in [6.07, 6.45) is 4.29. The summed E-state index contributed by atoms with van der Waals surface area (Å²) >= 11 is -0.595. The predicted octanol–water partition coefficient (Wildman–Crippen LogP) is 6.44. The fourth-order valence-electron chi connectivity index (χ4n) is 3.35. The van der Waals surface area contributed by atoms with Crippen LogP contribution in [-0.2, 0) is 36.6 Å². The van der Waals surface area contributed by atoms with Gasteiger partial charge in [0, 0.05) is 0 Å². The van der Waals surface area contributed by atoms with E-state index in [0.717, 1.165) is 15.3 Å². The Kier molecular flexibility index (Phi) is 5.61. The van der Waals surface area contributed by atoms with Gasteiger partial charge in [0.1, 0.15) is 0 Å². The normalized spacial score (nSPS) is 15.8. The van der Waals surface area contributed by atoms with E-state index in [1.807, 2.05) is 18.2 Å². The molecule has 0 saturated carbocycles. The van der Waals surface area contributed by atoms with Crippen LogP contribution in [0, 0.1) is 0 Å². The fraction of sp³-hybridized carbons (Fsp3) is 0.238. The van der Waals surface area contributed by atoms with E-state index in [-0.39, 0.29) is 0 Å². The van der Waals surface area contributed by atoms with Crippen LogP contribution in [0.15, 0.2) is 54.6 Å². The van der Waals surface area contributed by atoms with Gasteiger partial charge < -0.3 is 0 Å². The van der Waals surface area contributed by atoms with Gasteiger partial charge in [-0.25, -0.2) is 0 Å². The summed E-state index contributed by atoms with van der Waals surface area (Å²) in [5, 5.41) is 0. The molecule has 0 radical (unpaired) electrons. The zero-order valence-electron chi connectivity index (χ0n) is 13.8. The number of allylic oxidation sites excluding steroid dienone is 2. The Labute approximate surface area is 153 Å². The molecule has 0 N–H and O–H groups in total. The Bertz CT molecular complexity index is 770. The fourth-order valence-corrected chi connectivity index (χ4v) is 6.49. The van der Waals surface area contributed by atoms with Gasteiger partial charge in [0.05, 0.1) is 0 Å². The summed E-state index contributed by atoms with van der Waals surface area (Å²) < 4.78 is 28.0. The number of hydrogen-bond donors (Lipinski definition) is 0. The molecular weight excluding hydrogens is 381 g/mol. The first kappa shape index (κ1) is 17.5. The second kappa shape index (κ2) is 7.70. The molecular formula is C21H20F2Zr. The van der Waals surface area contributed by atoms with Crippen LogP contribution in [0.4, 0.5) is 8.78 Å². The Morgan fingerprint density at radius 3 is 2.46 bits per heavy atom. The molecule has 0 fully saturated rings. The minimum atomic E-state index is -0.595. The van der Waals surface area contributed by atoms with Gasteiger partial charge in [-0.05, 0) is 0 Å². The zero-order valence-corrected chi connectivity index (χ0v) is 16.2. The summed E-state index contributed by atoms with van der Waals surface area (Å²) in [5.74, 6) is 0. The number of hydrogen-bond acceptors (Lipinski definition) is 0. The topological polar surface area (TPSA) is 0 Å². The first-order valence-corrected chi connectivity index (χ1v) is 11.2. The molecule has 0 amide bonds. The molecule has 0 saturated heterocycles. The van der Waals surface area contributed by atoms with Crippen molar-refractivity contribution in [2.45, 2.75) is 28.0 Å². The SMILES string of the molecule is C=C[CH2][Zr][CH]1C(C)=Cc2c(-c3cc(CF)cc(CF)c3)cccc21. The van der Waals surface area contributed by atoms with Gasteiger partial charge in [0.25, 0.3) is 0 Å². The average Bonchev–Trinajstić information content (AvgIpc) is 2.94. The van der Waals surface area contributed by atoms with Crippen LogP contribution in [0.2, 0.25) is 4.13 Å². The molecule has 1 aliphatic rings. The van der Waals surface area contributed by atoms with Gasteiger partial charge >= 0.3 is 154 Å². The predicted molar refractivity (Wildman–Crippen MR) is 92.9 cm³/mol. The maximum atomic E-state index is 13.1. The molecule has 1 aliphatic carbocycles. The van der Waals surface area contributed by atoms with Crippen LogP contribution < -0.4 is 0 Å². The van der Waals surface area contributed by atoms with Crippen molar-refractivity contribution in [3.05, 3.63) is 76.9 Å². The van der Waals surface area contributed by atoms with E-state index in [4.69, 9.17) is 0 Å². The third kappa shape index (κ3) is 3.37. The maximum absolute atomic E-state index is 13.1. The third-order valence-electron chi connectivity index (χ3n) is 4.42. The molecule has 0 nitrogen and oxygen atoms in total. The summed E-state index contributed by atoms with van der Waals surface area (Å²) in [4.78, 5) is 0. The quantitative estimate of drug-likeness (QED) is 0.489. The van der Waals surface area contributed by atoms with Gasteiger partial charge in [-0.1, -0.05) is 0 Å². The molecule has 0 aliphatic heterocycles. The van der Waals surface area contributed by atoms with Crippen molar-refractivity contribution in [3.63, 3.8) is 0 Å². The molecule has 0 spiro atoms. The van der Waals surface area contributed by atoms with E-state index in [1.54, 1.807) is 6.07 Å². The van der Waals surface area contributed by atoms with Crippen LogP contribution in [0.25, 0.3) is 17.2 Å². The van der Waals surface area contributed by atoms with Crippen molar-refractivity contribution in [2.75, 3.05) is 0 Å². The second-order valence-electron chi connectivity index (χ2n) is 6.13. The molecule has 122 valence electrons. The van der Waals surface area contributed by atoms with Crippen LogP contribution in [-0.4, -0.2) is 0 Å². The van der Waals surface area contributed by atoms with Gasteiger partial charge in [-0.3, -0.25) is 0 Å². The molecule has 0 bridgehead atoms. The summed E-state index contributed by atoms with van der Waals surface area (Å²) in [6, 6.07) is 11.6. The molecule has 2 aromatic carbocycles. The Balaban J connectivity index is 2.09. The van der Waals surface area contributed by atoms with E-state index < -0.39 is 36.6 Å². The number of fused-ring (bicyclic) bond motifs is 1. The number of alkyl halides is 2. The first-order chi connectivity index (χ1) is 11.7. The minimum absolute atomic E-state index is 0.538. The summed E-state index contributed by atoms with van der Waals surface area (Å²) in [5.41, 5.74) is 7.09. The zero-order chi connectivity index (χ0) is 17.1. The van der Waals surface area contributed by atoms with Crippen molar-refractivity contribution >= 4 is 6.08 Å². The second-order valence-corrected chi connectivity index (χ2v) is 9.56. The Morgan fingerprint density at radius 1 is 1.12 bits per heavy atom. The van der Waals surface area contributed by atoms with Crippen LogP contribution in [0.3, 0.4) is 0 Å². The molecule has 3 heteroatoms. The van der Waals surface area contributed by atoms with Crippen molar-refractivity contribution in [1.29, 1.82) is 0 Å².